The second-order valence-corrected chi connectivity index (χ2v) is 20.2. The molecule has 0 spiro atoms. The summed E-state index contributed by atoms with van der Waals surface area (Å²) in [6.07, 6.45) is 0. The first-order valence-corrected chi connectivity index (χ1v) is 26.3. The second-order valence-electron chi connectivity index (χ2n) is 20.2. The number of nitrogens with zero attached hydrogens (tertiary/aromatic N) is 11. The van der Waals surface area contributed by atoms with Crippen LogP contribution in [0.4, 0.5) is 0 Å². The van der Waals surface area contributed by atoms with Gasteiger partial charge in [-0.05, 0) is 145 Å². The summed E-state index contributed by atoms with van der Waals surface area (Å²) < 4.78 is 8.81. The first-order valence-electron chi connectivity index (χ1n) is 26.3. The normalized spacial score (nSPS) is 11.3. The van der Waals surface area contributed by atoms with E-state index in [1.54, 1.807) is 24.3 Å². The molecule has 82 heavy (non-hydrogen) atoms. The molecular formula is C71H35N11. The Balaban J connectivity index is 1.25. The Morgan fingerprint density at radius 1 is 0.268 bits per heavy atom. The van der Waals surface area contributed by atoms with E-state index < -0.39 is 0 Å². The molecule has 15 aromatic rings. The molecule has 0 unspecified atom stereocenters. The largest absolute Gasteiger partial charge is 0.309 e. The lowest BCUT2D eigenvalue weighted by Gasteiger charge is -2.26. The van der Waals surface area contributed by atoms with Crippen LogP contribution in [0.15, 0.2) is 212 Å². The summed E-state index contributed by atoms with van der Waals surface area (Å²) in [5.41, 5.74) is 14.3. The van der Waals surface area contributed by atoms with Crippen molar-refractivity contribution in [3.63, 3.8) is 0 Å². The Morgan fingerprint density at radius 2 is 0.610 bits per heavy atom. The molecule has 15 rings (SSSR count). The van der Waals surface area contributed by atoms with Gasteiger partial charge in [-0.2, -0.15) is 31.6 Å². The van der Waals surface area contributed by atoms with Gasteiger partial charge in [0.1, 0.15) is 0 Å². The minimum absolute atomic E-state index is 0.440. The van der Waals surface area contributed by atoms with Crippen molar-refractivity contribution < 1.29 is 0 Å². The van der Waals surface area contributed by atoms with E-state index in [-0.39, 0.29) is 0 Å². The smallest absolute Gasteiger partial charge is 0.163 e. The minimum Gasteiger partial charge on any atom is -0.309 e. The summed E-state index contributed by atoms with van der Waals surface area (Å²) in [5.74, 6) is 0.491. The molecule has 11 nitrogen and oxygen atoms in total. The quantitative estimate of drug-likeness (QED) is 0.159. The Morgan fingerprint density at radius 3 is 1.05 bits per heavy atom. The third kappa shape index (κ3) is 6.80. The summed E-state index contributed by atoms with van der Waals surface area (Å²) in [7, 11) is 0. The molecule has 0 N–H and O–H groups in total. The van der Waals surface area contributed by atoms with Crippen LogP contribution >= 0.6 is 0 Å². The number of benzene rings is 10. The average Bonchev–Trinajstić information content (AvgIpc) is 2.43. The molecule has 0 aliphatic heterocycles. The fourth-order valence-corrected chi connectivity index (χ4v) is 12.4. The number of pyridine rings is 1. The molecule has 0 saturated heterocycles. The molecule has 374 valence electrons. The van der Waals surface area contributed by atoms with Crippen LogP contribution in [-0.2, 0) is 0 Å². The highest BCUT2D eigenvalue weighted by atomic mass is 15.1. The zero-order valence-electron chi connectivity index (χ0n) is 43.1. The SMILES string of the molecule is N#Cc1ccc2c(c1)c1cc(C#N)ccc1n2-c1nc(-c2ccccc2)c(-n2c3ccc(C#N)cc3c3cc(C#N)ccc32)c(-c2ccc3c(c2)c2ccccc2n3-c2ccccc2)c1-n1c2ccc(C#N)cc2c2cc(C#N)ccc21. The highest BCUT2D eigenvalue weighted by Gasteiger charge is 2.32. The van der Waals surface area contributed by atoms with Crippen molar-refractivity contribution >= 4 is 87.2 Å². The van der Waals surface area contributed by atoms with Crippen molar-refractivity contribution in [1.29, 1.82) is 31.6 Å². The van der Waals surface area contributed by atoms with E-state index in [4.69, 9.17) is 4.98 Å². The topological polar surface area (TPSA) is 175 Å². The number of aromatic nitrogens is 5. The lowest BCUT2D eigenvalue weighted by Crippen LogP contribution is -2.13. The maximum atomic E-state index is 10.5. The Kier molecular flexibility index (Phi) is 10.3. The van der Waals surface area contributed by atoms with Gasteiger partial charge in [0, 0.05) is 59.9 Å². The predicted molar refractivity (Wildman–Crippen MR) is 321 cm³/mol. The Bertz CT molecular complexity index is 5380. The summed E-state index contributed by atoms with van der Waals surface area (Å²) >= 11 is 0. The molecule has 0 atom stereocenters. The van der Waals surface area contributed by atoms with Gasteiger partial charge in [-0.25, -0.2) is 4.98 Å². The van der Waals surface area contributed by atoms with Crippen molar-refractivity contribution in [2.75, 3.05) is 0 Å². The molecule has 0 aliphatic carbocycles. The van der Waals surface area contributed by atoms with Crippen LogP contribution in [0.25, 0.3) is 132 Å². The van der Waals surface area contributed by atoms with Gasteiger partial charge >= 0.3 is 0 Å². The fraction of sp³-hybridized carbons (Fsp3) is 0. The highest BCUT2D eigenvalue weighted by molar-refractivity contribution is 6.17. The van der Waals surface area contributed by atoms with Gasteiger partial charge in [-0.1, -0.05) is 72.8 Å². The van der Waals surface area contributed by atoms with Gasteiger partial charge in [0.25, 0.3) is 0 Å². The summed E-state index contributed by atoms with van der Waals surface area (Å²) in [4.78, 5) is 6.06. The monoisotopic (exact) mass is 1040 g/mol. The van der Waals surface area contributed by atoms with Gasteiger partial charge in [0.15, 0.2) is 5.82 Å². The third-order valence-electron chi connectivity index (χ3n) is 15.9. The van der Waals surface area contributed by atoms with E-state index in [0.29, 0.717) is 56.3 Å². The van der Waals surface area contributed by atoms with Crippen LogP contribution in [-0.4, -0.2) is 23.3 Å². The third-order valence-corrected chi connectivity index (χ3v) is 15.9. The summed E-state index contributed by atoms with van der Waals surface area (Å²) in [6.45, 7) is 0. The van der Waals surface area contributed by atoms with E-state index in [1.807, 2.05) is 133 Å². The van der Waals surface area contributed by atoms with Gasteiger partial charge in [0.05, 0.1) is 131 Å². The molecule has 10 aromatic carbocycles. The number of rotatable bonds is 6. The van der Waals surface area contributed by atoms with E-state index in [9.17, 15) is 31.6 Å². The maximum Gasteiger partial charge on any atom is 0.163 e. The average molecular weight is 1040 g/mol. The number of fused-ring (bicyclic) bond motifs is 12. The molecule has 5 aromatic heterocycles. The molecule has 0 aliphatic rings. The van der Waals surface area contributed by atoms with Crippen LogP contribution in [0.5, 0.6) is 0 Å². The zero-order valence-corrected chi connectivity index (χ0v) is 43.1. The lowest BCUT2D eigenvalue weighted by molar-refractivity contribution is 1.01. The molecule has 5 heterocycles. The van der Waals surface area contributed by atoms with E-state index in [2.05, 4.69) is 109 Å². The first-order chi connectivity index (χ1) is 40.4. The molecule has 0 saturated carbocycles. The van der Waals surface area contributed by atoms with Gasteiger partial charge in [0.2, 0.25) is 0 Å². The molecule has 0 bridgehead atoms. The molecular weight excluding hydrogens is 1010 g/mol. The van der Waals surface area contributed by atoms with Crippen molar-refractivity contribution in [2.45, 2.75) is 0 Å². The predicted octanol–water partition coefficient (Wildman–Crippen LogP) is 16.0. The van der Waals surface area contributed by atoms with Gasteiger partial charge < -0.3 is 13.7 Å². The van der Waals surface area contributed by atoms with Crippen molar-refractivity contribution in [1.82, 2.24) is 23.3 Å². The van der Waals surface area contributed by atoms with Crippen LogP contribution in [0, 0.1) is 68.0 Å². The first kappa shape index (κ1) is 46.8. The fourth-order valence-electron chi connectivity index (χ4n) is 12.4. The number of hydrogen-bond acceptors (Lipinski definition) is 7. The Hall–Kier alpha value is -12.5. The van der Waals surface area contributed by atoms with Crippen molar-refractivity contribution in [3.05, 3.63) is 246 Å². The number of hydrogen-bond donors (Lipinski definition) is 0. The lowest BCUT2D eigenvalue weighted by atomic mass is 9.95. The minimum atomic E-state index is 0.440. The summed E-state index contributed by atoms with van der Waals surface area (Å²) in [5, 5.41) is 69.1. The molecule has 0 amide bonds. The molecule has 0 fully saturated rings. The maximum absolute atomic E-state index is 10.5. The van der Waals surface area contributed by atoms with Crippen LogP contribution in [0.1, 0.15) is 33.4 Å². The standard InChI is InChI=1S/C71H35N11/c72-36-42-15-22-61-52(29-42)53-30-43(37-73)16-23-62(53)80(61)69-67(49-21-28-60-58(35-49)51-13-7-8-14-59(51)79(60)50-11-5-2-6-12-50)70(81-63-24-17-44(38-74)31-54(63)55-32-45(39-75)18-25-64(55)81)71(78-68(69)48-9-3-1-4-10-48)82-65-26-19-46(40-76)33-56(65)57-34-47(41-77)20-27-66(57)82/h1-35H. The number of para-hydroxylation sites is 2. The van der Waals surface area contributed by atoms with E-state index in [1.165, 1.54) is 0 Å². The van der Waals surface area contributed by atoms with Crippen LogP contribution < -0.4 is 0 Å². The van der Waals surface area contributed by atoms with Gasteiger partial charge in [-0.15, -0.1) is 0 Å². The zero-order chi connectivity index (χ0) is 55.3. The Labute approximate surface area is 467 Å². The number of nitriles is 6. The highest BCUT2D eigenvalue weighted by Crippen LogP contribution is 2.50. The van der Waals surface area contributed by atoms with Crippen molar-refractivity contribution in [2.24, 2.45) is 0 Å². The van der Waals surface area contributed by atoms with E-state index in [0.717, 1.165) is 110 Å². The van der Waals surface area contributed by atoms with Crippen LogP contribution in [0.3, 0.4) is 0 Å². The van der Waals surface area contributed by atoms with Gasteiger partial charge in [-0.3, -0.25) is 4.57 Å². The second kappa shape index (κ2) is 18.0. The van der Waals surface area contributed by atoms with Crippen molar-refractivity contribution in [3.8, 4) is 81.7 Å². The van der Waals surface area contributed by atoms with E-state index >= 15 is 0 Å². The molecule has 11 heteroatoms. The molecule has 0 radical (unpaired) electrons. The summed E-state index contributed by atoms with van der Waals surface area (Å²) in [6, 6.07) is 83.2. The van der Waals surface area contributed by atoms with Crippen LogP contribution in [0.2, 0.25) is 0 Å².